The van der Waals surface area contributed by atoms with Crippen LogP contribution in [-0.2, 0) is 15.2 Å². The molecule has 0 aromatic rings. The molecule has 0 aliphatic carbocycles. The van der Waals surface area contributed by atoms with Gasteiger partial charge in [0.05, 0.1) is 12.6 Å². The van der Waals surface area contributed by atoms with Crippen molar-refractivity contribution in [2.45, 2.75) is 43.9 Å². The number of Topliss-reactive ketones (excluding diaryl/α,β-unsaturated/α-hetero) is 1. The van der Waals surface area contributed by atoms with E-state index in [1.165, 1.54) is 0 Å². The van der Waals surface area contributed by atoms with Gasteiger partial charge in [-0.25, -0.2) is 0 Å². The lowest BCUT2D eigenvalue weighted by Crippen LogP contribution is -2.62. The topological polar surface area (TPSA) is 115 Å². The first-order chi connectivity index (χ1) is 8.24. The van der Waals surface area contributed by atoms with Gasteiger partial charge in [0.25, 0.3) is 0 Å². The minimum atomic E-state index is -4.67. The van der Waals surface area contributed by atoms with Crippen molar-refractivity contribution in [3.05, 3.63) is 0 Å². The second-order valence-corrected chi connectivity index (χ2v) is 6.08. The van der Waals surface area contributed by atoms with Crippen LogP contribution in [0.5, 0.6) is 0 Å². The van der Waals surface area contributed by atoms with Gasteiger partial charge in [0.2, 0.25) is 0 Å². The van der Waals surface area contributed by atoms with Crippen molar-refractivity contribution >= 4 is 16.2 Å². The Morgan fingerprint density at radius 3 is 1.89 bits per heavy atom. The fourth-order valence-electron chi connectivity index (χ4n) is 3.34. The second kappa shape index (κ2) is 4.86. The lowest BCUT2D eigenvalue weighted by atomic mass is 9.72. The van der Waals surface area contributed by atoms with Gasteiger partial charge in [0.1, 0.15) is 5.78 Å². The van der Waals surface area contributed by atoms with Gasteiger partial charge in [0, 0.05) is 18.0 Å². The molecule has 0 amide bonds. The average Bonchev–Trinajstić information content (AvgIpc) is 2.15. The quantitative estimate of drug-likeness (QED) is 0.513. The molecule has 7 nitrogen and oxygen atoms in total. The smallest absolute Gasteiger partial charge is 0.393 e. The van der Waals surface area contributed by atoms with Crippen molar-refractivity contribution in [2.75, 3.05) is 6.54 Å². The Morgan fingerprint density at radius 2 is 1.50 bits per heavy atom. The Bertz CT molecular complexity index is 412. The van der Waals surface area contributed by atoms with Crippen LogP contribution in [-0.4, -0.2) is 58.0 Å². The third kappa shape index (κ3) is 3.27. The van der Waals surface area contributed by atoms with Crippen LogP contribution in [0.4, 0.5) is 0 Å². The van der Waals surface area contributed by atoms with E-state index in [-0.39, 0.29) is 6.10 Å². The minimum absolute atomic E-state index is 0.111. The molecule has 5 atom stereocenters. The number of hydrogen-bond donors (Lipinski definition) is 3. The number of nitrogens with zero attached hydrogens (tertiary/aromatic N) is 1. The van der Waals surface area contributed by atoms with Gasteiger partial charge < -0.3 is 5.11 Å². The molecular weight excluding hydrogens is 262 g/mol. The Hall–Kier alpha value is -0.540. The van der Waals surface area contributed by atoms with Crippen LogP contribution in [0.15, 0.2) is 0 Å². The maximum Gasteiger partial charge on any atom is 0.394 e. The van der Waals surface area contributed by atoms with Crippen LogP contribution < -0.4 is 0 Å². The summed E-state index contributed by atoms with van der Waals surface area (Å²) in [6.45, 7) is 0.659. The van der Waals surface area contributed by atoms with E-state index in [0.29, 0.717) is 30.3 Å². The number of rotatable bonds is 0. The fraction of sp³-hybridized carbons (Fsp3) is 0.900. The van der Waals surface area contributed by atoms with Crippen molar-refractivity contribution < 1.29 is 27.4 Å². The molecule has 4 rings (SSSR count). The van der Waals surface area contributed by atoms with Crippen molar-refractivity contribution in [1.29, 1.82) is 0 Å². The van der Waals surface area contributed by atoms with Crippen LogP contribution in [0.3, 0.4) is 0 Å². The van der Waals surface area contributed by atoms with Gasteiger partial charge in [-0.2, -0.15) is 8.42 Å². The van der Waals surface area contributed by atoms with Crippen molar-refractivity contribution in [3.8, 4) is 0 Å². The highest BCUT2D eigenvalue weighted by molar-refractivity contribution is 7.79. The van der Waals surface area contributed by atoms with Gasteiger partial charge in [-0.3, -0.25) is 18.8 Å². The minimum Gasteiger partial charge on any atom is -0.393 e. The average molecular weight is 279 g/mol. The molecule has 4 aliphatic rings. The zero-order valence-electron chi connectivity index (χ0n) is 9.77. The summed E-state index contributed by atoms with van der Waals surface area (Å²) in [5.41, 5.74) is 0. The van der Waals surface area contributed by atoms with Crippen LogP contribution in [0.2, 0.25) is 0 Å². The van der Waals surface area contributed by atoms with E-state index in [0.717, 1.165) is 25.7 Å². The van der Waals surface area contributed by atoms with Crippen LogP contribution in [0.1, 0.15) is 25.7 Å². The first kappa shape index (κ1) is 13.9. The summed E-state index contributed by atoms with van der Waals surface area (Å²) in [6.07, 6.45) is 3.68. The molecule has 0 aromatic heterocycles. The molecule has 4 heterocycles. The highest BCUT2D eigenvalue weighted by atomic mass is 32.3. The SMILES string of the molecule is O=C1CN2C3CC(O)C[C@H]2C[C@H]1C3.O=S(=O)(O)O. The summed E-state index contributed by atoms with van der Waals surface area (Å²) in [6, 6.07) is 1.01. The summed E-state index contributed by atoms with van der Waals surface area (Å²) >= 11 is 0. The molecule has 3 unspecified atom stereocenters. The molecule has 4 fully saturated rings. The molecule has 0 radical (unpaired) electrons. The molecule has 18 heavy (non-hydrogen) atoms. The lowest BCUT2D eigenvalue weighted by Gasteiger charge is -2.53. The van der Waals surface area contributed by atoms with Crippen molar-refractivity contribution in [2.24, 2.45) is 5.92 Å². The number of aliphatic hydroxyl groups is 1. The number of ketones is 1. The van der Waals surface area contributed by atoms with Crippen LogP contribution in [0.25, 0.3) is 0 Å². The van der Waals surface area contributed by atoms with E-state index in [9.17, 15) is 9.90 Å². The number of hydrogen-bond acceptors (Lipinski definition) is 5. The summed E-state index contributed by atoms with van der Waals surface area (Å²) < 4.78 is 31.6. The molecule has 0 spiro atoms. The third-order valence-corrected chi connectivity index (χ3v) is 3.93. The summed E-state index contributed by atoms with van der Waals surface area (Å²) in [5, 5.41) is 9.60. The Morgan fingerprint density at radius 1 is 1.06 bits per heavy atom. The number of fused-ring (bicyclic) bond motifs is 1. The first-order valence-electron chi connectivity index (χ1n) is 5.90. The predicted octanol–water partition coefficient (Wildman–Crippen LogP) is -0.480. The third-order valence-electron chi connectivity index (χ3n) is 3.93. The predicted molar refractivity (Wildman–Crippen MR) is 61.4 cm³/mol. The summed E-state index contributed by atoms with van der Waals surface area (Å²) in [4.78, 5) is 13.8. The fourth-order valence-corrected chi connectivity index (χ4v) is 3.34. The van der Waals surface area contributed by atoms with Crippen LogP contribution >= 0.6 is 0 Å². The van der Waals surface area contributed by atoms with E-state index in [4.69, 9.17) is 17.5 Å². The number of carbonyl (C=O) groups is 1. The monoisotopic (exact) mass is 279 g/mol. The molecule has 104 valence electrons. The molecule has 4 saturated heterocycles. The highest BCUT2D eigenvalue weighted by Crippen LogP contribution is 2.41. The largest absolute Gasteiger partial charge is 0.394 e. The molecular formula is C10H17NO6S. The van der Waals surface area contributed by atoms with Crippen molar-refractivity contribution in [1.82, 2.24) is 4.90 Å². The maximum atomic E-state index is 11.5. The lowest BCUT2D eigenvalue weighted by molar-refractivity contribution is -0.144. The molecule has 3 N–H and O–H groups in total. The second-order valence-electron chi connectivity index (χ2n) is 5.19. The van der Waals surface area contributed by atoms with E-state index in [1.54, 1.807) is 0 Å². The van der Waals surface area contributed by atoms with E-state index >= 15 is 0 Å². The summed E-state index contributed by atoms with van der Waals surface area (Å²) in [7, 11) is -4.67. The molecule has 0 aromatic carbocycles. The van der Waals surface area contributed by atoms with E-state index < -0.39 is 10.4 Å². The van der Waals surface area contributed by atoms with Crippen molar-refractivity contribution in [3.63, 3.8) is 0 Å². The van der Waals surface area contributed by atoms with Gasteiger partial charge in [-0.1, -0.05) is 0 Å². The molecule has 4 aliphatic heterocycles. The zero-order valence-corrected chi connectivity index (χ0v) is 10.6. The normalized spacial score (nSPS) is 42.2. The van der Waals surface area contributed by atoms with E-state index in [1.807, 2.05) is 0 Å². The molecule has 8 heteroatoms. The number of aliphatic hydroxyl groups excluding tert-OH is 1. The standard InChI is InChI=1S/C10H15NO2.H2O4S/c12-9-3-7-1-6-2-8(4-9)11(7)5-10(6)13;1-5(2,3)4/h6-9,12H,1-5H2;(H2,1,2,3,4)/t6-,7+,8?,9?;/m0./s1. The Balaban J connectivity index is 0.000000209. The van der Waals surface area contributed by atoms with Crippen LogP contribution in [0, 0.1) is 5.92 Å². The Kier molecular flexibility index (Phi) is 3.75. The highest BCUT2D eigenvalue weighted by Gasteiger charge is 2.48. The number of piperidine rings is 4. The summed E-state index contributed by atoms with van der Waals surface area (Å²) in [5.74, 6) is 0.761. The zero-order chi connectivity index (χ0) is 13.5. The Labute approximate surface area is 105 Å². The first-order valence-corrected chi connectivity index (χ1v) is 7.30. The van der Waals surface area contributed by atoms with Gasteiger partial charge in [0.15, 0.2) is 0 Å². The van der Waals surface area contributed by atoms with Gasteiger partial charge >= 0.3 is 10.4 Å². The van der Waals surface area contributed by atoms with Gasteiger partial charge in [-0.05, 0) is 25.7 Å². The maximum absolute atomic E-state index is 11.5. The molecule has 0 saturated carbocycles. The van der Waals surface area contributed by atoms with Gasteiger partial charge in [-0.15, -0.1) is 0 Å². The molecule has 4 bridgehead atoms. The number of carbonyl (C=O) groups excluding carboxylic acids is 1. The van der Waals surface area contributed by atoms with E-state index in [2.05, 4.69) is 4.90 Å².